The molecule has 0 bridgehead atoms. The summed E-state index contributed by atoms with van der Waals surface area (Å²) in [6, 6.07) is 5.67. The standard InChI is InChI=1S/C15H21FN2O3/c1-11(10-21-13-4-2-3-12(16)9-13)18-14(19)15(17)5-7-20-8-6-15/h2-4,9,11H,5-8,10,17H2,1H3,(H,18,19). The second kappa shape index (κ2) is 6.87. The van der Waals surface area contributed by atoms with E-state index in [4.69, 9.17) is 15.2 Å². The van der Waals surface area contributed by atoms with Gasteiger partial charge in [0.15, 0.2) is 0 Å². The molecule has 1 atom stereocenters. The first-order chi connectivity index (χ1) is 9.99. The molecule has 1 amide bonds. The van der Waals surface area contributed by atoms with Gasteiger partial charge in [0.25, 0.3) is 0 Å². The molecule has 1 aromatic rings. The Hall–Kier alpha value is -1.66. The van der Waals surface area contributed by atoms with Gasteiger partial charge in [-0.25, -0.2) is 4.39 Å². The van der Waals surface area contributed by atoms with Crippen LogP contribution in [-0.2, 0) is 9.53 Å². The number of carbonyl (C=O) groups excluding carboxylic acids is 1. The number of rotatable bonds is 5. The van der Waals surface area contributed by atoms with Crippen molar-refractivity contribution in [1.29, 1.82) is 0 Å². The van der Waals surface area contributed by atoms with Crippen LogP contribution in [0.15, 0.2) is 24.3 Å². The van der Waals surface area contributed by atoms with Crippen LogP contribution in [0.4, 0.5) is 4.39 Å². The summed E-state index contributed by atoms with van der Waals surface area (Å²) < 4.78 is 23.7. The van der Waals surface area contributed by atoms with Crippen LogP contribution in [0, 0.1) is 5.82 Å². The molecule has 21 heavy (non-hydrogen) atoms. The van der Waals surface area contributed by atoms with Gasteiger partial charge in [0.1, 0.15) is 18.2 Å². The third-order valence-electron chi connectivity index (χ3n) is 3.51. The highest BCUT2D eigenvalue weighted by atomic mass is 19.1. The van der Waals surface area contributed by atoms with Crippen LogP contribution >= 0.6 is 0 Å². The van der Waals surface area contributed by atoms with E-state index in [1.165, 1.54) is 12.1 Å². The van der Waals surface area contributed by atoms with Gasteiger partial charge in [0.05, 0.1) is 11.6 Å². The number of hydrogen-bond acceptors (Lipinski definition) is 4. The summed E-state index contributed by atoms with van der Waals surface area (Å²) in [4.78, 5) is 12.2. The smallest absolute Gasteiger partial charge is 0.240 e. The van der Waals surface area contributed by atoms with Gasteiger partial charge in [0.2, 0.25) is 5.91 Å². The Kier molecular flexibility index (Phi) is 5.14. The Labute approximate surface area is 123 Å². The van der Waals surface area contributed by atoms with Crippen molar-refractivity contribution in [3.8, 4) is 5.75 Å². The van der Waals surface area contributed by atoms with E-state index in [0.717, 1.165) is 0 Å². The average molecular weight is 296 g/mol. The van der Waals surface area contributed by atoms with Crippen LogP contribution in [0.3, 0.4) is 0 Å². The number of amides is 1. The Morgan fingerprint density at radius 3 is 2.90 bits per heavy atom. The van der Waals surface area contributed by atoms with Crippen LogP contribution in [0.25, 0.3) is 0 Å². The lowest BCUT2D eigenvalue weighted by molar-refractivity contribution is -0.130. The minimum absolute atomic E-state index is 0.193. The van der Waals surface area contributed by atoms with E-state index >= 15 is 0 Å². The zero-order chi connectivity index (χ0) is 15.3. The van der Waals surface area contributed by atoms with Crippen LogP contribution in [-0.4, -0.2) is 37.3 Å². The van der Waals surface area contributed by atoms with E-state index in [9.17, 15) is 9.18 Å². The minimum atomic E-state index is -0.870. The SMILES string of the molecule is CC(COc1cccc(F)c1)NC(=O)C1(N)CCOCC1. The second-order valence-electron chi connectivity index (χ2n) is 5.41. The summed E-state index contributed by atoms with van der Waals surface area (Å²) in [5.41, 5.74) is 5.23. The van der Waals surface area contributed by atoms with E-state index in [-0.39, 0.29) is 24.4 Å². The number of halogens is 1. The van der Waals surface area contributed by atoms with Gasteiger partial charge in [-0.3, -0.25) is 4.79 Å². The Morgan fingerprint density at radius 1 is 1.52 bits per heavy atom. The topological polar surface area (TPSA) is 73.6 Å². The van der Waals surface area contributed by atoms with E-state index in [2.05, 4.69) is 5.32 Å². The maximum atomic E-state index is 13.0. The first-order valence-electron chi connectivity index (χ1n) is 7.05. The summed E-state index contributed by atoms with van der Waals surface area (Å²) >= 11 is 0. The predicted octanol–water partition coefficient (Wildman–Crippen LogP) is 1.22. The molecule has 1 fully saturated rings. The summed E-state index contributed by atoms with van der Waals surface area (Å²) in [5.74, 6) is -0.113. The molecule has 1 aromatic carbocycles. The van der Waals surface area contributed by atoms with Gasteiger partial charge in [-0.1, -0.05) is 6.07 Å². The highest BCUT2D eigenvalue weighted by Gasteiger charge is 2.36. The Morgan fingerprint density at radius 2 is 2.24 bits per heavy atom. The zero-order valence-electron chi connectivity index (χ0n) is 12.1. The molecule has 0 spiro atoms. The number of hydrogen-bond donors (Lipinski definition) is 2. The van der Waals surface area contributed by atoms with Gasteiger partial charge in [-0.15, -0.1) is 0 Å². The molecule has 0 radical (unpaired) electrons. The quantitative estimate of drug-likeness (QED) is 0.857. The Bertz CT molecular complexity index is 490. The van der Waals surface area contributed by atoms with Crippen LogP contribution in [0.5, 0.6) is 5.75 Å². The molecule has 0 saturated carbocycles. The van der Waals surface area contributed by atoms with Gasteiger partial charge in [-0.05, 0) is 31.9 Å². The minimum Gasteiger partial charge on any atom is -0.491 e. The molecule has 6 heteroatoms. The van der Waals surface area contributed by atoms with Gasteiger partial charge < -0.3 is 20.5 Å². The highest BCUT2D eigenvalue weighted by Crippen LogP contribution is 2.18. The first-order valence-corrected chi connectivity index (χ1v) is 7.05. The molecular formula is C15H21FN2O3. The van der Waals surface area contributed by atoms with E-state index < -0.39 is 5.54 Å². The van der Waals surface area contributed by atoms with Crippen molar-refractivity contribution in [2.45, 2.75) is 31.3 Å². The second-order valence-corrected chi connectivity index (χ2v) is 5.41. The maximum Gasteiger partial charge on any atom is 0.240 e. The predicted molar refractivity (Wildman–Crippen MR) is 76.5 cm³/mol. The number of benzene rings is 1. The van der Waals surface area contributed by atoms with Crippen LogP contribution in [0.1, 0.15) is 19.8 Å². The van der Waals surface area contributed by atoms with Crippen molar-refractivity contribution in [3.63, 3.8) is 0 Å². The van der Waals surface area contributed by atoms with Crippen molar-refractivity contribution >= 4 is 5.91 Å². The third-order valence-corrected chi connectivity index (χ3v) is 3.51. The molecule has 0 aromatic heterocycles. The number of ether oxygens (including phenoxy) is 2. The van der Waals surface area contributed by atoms with Crippen molar-refractivity contribution in [2.75, 3.05) is 19.8 Å². The highest BCUT2D eigenvalue weighted by molar-refractivity contribution is 5.86. The molecule has 1 unspecified atom stereocenters. The monoisotopic (exact) mass is 296 g/mol. The largest absolute Gasteiger partial charge is 0.491 e. The lowest BCUT2D eigenvalue weighted by Gasteiger charge is -2.32. The number of carbonyl (C=O) groups is 1. The van der Waals surface area contributed by atoms with Crippen LogP contribution in [0.2, 0.25) is 0 Å². The van der Waals surface area contributed by atoms with Crippen molar-refractivity contribution in [3.05, 3.63) is 30.1 Å². The average Bonchev–Trinajstić information content (AvgIpc) is 2.46. The maximum absolute atomic E-state index is 13.0. The zero-order valence-corrected chi connectivity index (χ0v) is 12.1. The van der Waals surface area contributed by atoms with Crippen molar-refractivity contribution in [2.24, 2.45) is 5.73 Å². The number of nitrogens with two attached hydrogens (primary N) is 1. The molecule has 1 aliphatic heterocycles. The van der Waals surface area contributed by atoms with Crippen molar-refractivity contribution < 1.29 is 18.7 Å². The fourth-order valence-corrected chi connectivity index (χ4v) is 2.15. The van der Waals surface area contributed by atoms with Gasteiger partial charge in [-0.2, -0.15) is 0 Å². The van der Waals surface area contributed by atoms with Crippen LogP contribution < -0.4 is 15.8 Å². The number of nitrogens with one attached hydrogen (secondary N) is 1. The summed E-state index contributed by atoms with van der Waals surface area (Å²) in [6.45, 7) is 3.07. The first kappa shape index (κ1) is 15.7. The van der Waals surface area contributed by atoms with Crippen molar-refractivity contribution in [1.82, 2.24) is 5.32 Å². The van der Waals surface area contributed by atoms with Gasteiger partial charge >= 0.3 is 0 Å². The normalized spacial score (nSPS) is 18.8. The molecule has 1 heterocycles. The molecular weight excluding hydrogens is 275 g/mol. The molecule has 5 nitrogen and oxygen atoms in total. The fraction of sp³-hybridized carbons (Fsp3) is 0.533. The molecule has 3 N–H and O–H groups in total. The Balaban J connectivity index is 1.81. The fourth-order valence-electron chi connectivity index (χ4n) is 2.15. The molecule has 0 aliphatic carbocycles. The molecule has 1 aliphatic rings. The summed E-state index contributed by atoms with van der Waals surface area (Å²) in [6.07, 6.45) is 1.02. The molecule has 1 saturated heterocycles. The van der Waals surface area contributed by atoms with E-state index in [0.29, 0.717) is 31.8 Å². The molecule has 2 rings (SSSR count). The summed E-state index contributed by atoms with van der Waals surface area (Å²) in [5, 5.41) is 2.84. The summed E-state index contributed by atoms with van der Waals surface area (Å²) in [7, 11) is 0. The lowest BCUT2D eigenvalue weighted by Crippen LogP contribution is -2.58. The van der Waals surface area contributed by atoms with Gasteiger partial charge in [0, 0.05) is 19.3 Å². The third kappa shape index (κ3) is 4.41. The molecule has 116 valence electrons. The van der Waals surface area contributed by atoms with E-state index in [1.54, 1.807) is 12.1 Å². The van der Waals surface area contributed by atoms with E-state index in [1.807, 2.05) is 6.92 Å². The lowest BCUT2D eigenvalue weighted by atomic mass is 9.90.